The molecule has 1 aliphatic heterocycles. The van der Waals surface area contributed by atoms with Crippen LogP contribution in [0.1, 0.15) is 30.6 Å². The number of benzene rings is 1. The molecule has 1 aromatic rings. The van der Waals surface area contributed by atoms with Gasteiger partial charge in [0.15, 0.2) is 5.78 Å². The zero-order valence-corrected chi connectivity index (χ0v) is 13.2. The van der Waals surface area contributed by atoms with E-state index in [1.807, 2.05) is 19.9 Å². The van der Waals surface area contributed by atoms with E-state index in [0.717, 1.165) is 4.47 Å². The minimum Gasteiger partial charge on any atom is -0.488 e. The number of ketones is 1. The highest BCUT2D eigenvalue weighted by Gasteiger charge is 2.50. The summed E-state index contributed by atoms with van der Waals surface area (Å²) in [5, 5.41) is 19.4. The zero-order chi connectivity index (χ0) is 14.9. The number of aliphatic hydroxyl groups excluding tert-OH is 2. The summed E-state index contributed by atoms with van der Waals surface area (Å²) in [6.45, 7) is 3.19. The molecule has 0 fully saturated rings. The molecule has 0 aromatic heterocycles. The van der Waals surface area contributed by atoms with Crippen LogP contribution in [-0.2, 0) is 0 Å². The first kappa shape index (κ1) is 15.5. The summed E-state index contributed by atoms with van der Waals surface area (Å²) in [5.74, 6) is 0.555. The van der Waals surface area contributed by atoms with Crippen molar-refractivity contribution in [2.45, 2.75) is 26.4 Å². The van der Waals surface area contributed by atoms with Gasteiger partial charge in [-0.15, -0.1) is 0 Å². The summed E-state index contributed by atoms with van der Waals surface area (Å²) in [4.78, 5) is 12.7. The Labute approximate surface area is 126 Å². The maximum Gasteiger partial charge on any atom is 0.181 e. The Bertz CT molecular complexity index is 509. The molecule has 0 amide bonds. The molecular weight excluding hydrogens is 324 g/mol. The molecule has 0 saturated heterocycles. The van der Waals surface area contributed by atoms with Crippen molar-refractivity contribution in [2.75, 3.05) is 13.2 Å². The molecule has 0 spiro atoms. The molecule has 1 aromatic carbocycles. The van der Waals surface area contributed by atoms with E-state index in [-0.39, 0.29) is 5.78 Å². The van der Waals surface area contributed by atoms with E-state index in [1.54, 1.807) is 12.1 Å². The number of rotatable bonds is 4. The minimum atomic E-state index is -1.27. The Morgan fingerprint density at radius 3 is 2.55 bits per heavy atom. The maximum absolute atomic E-state index is 12.7. The molecule has 5 heteroatoms. The number of halogens is 1. The second-order valence-electron chi connectivity index (χ2n) is 5.68. The molecule has 0 bridgehead atoms. The topological polar surface area (TPSA) is 66.8 Å². The van der Waals surface area contributed by atoms with Gasteiger partial charge in [0.2, 0.25) is 0 Å². The quantitative estimate of drug-likeness (QED) is 0.881. The molecule has 0 saturated carbocycles. The molecule has 1 heterocycles. The number of hydrogen-bond acceptors (Lipinski definition) is 4. The van der Waals surface area contributed by atoms with E-state index in [0.29, 0.717) is 23.7 Å². The molecule has 110 valence electrons. The first-order chi connectivity index (χ1) is 9.44. The van der Waals surface area contributed by atoms with Crippen LogP contribution in [-0.4, -0.2) is 35.3 Å². The summed E-state index contributed by atoms with van der Waals surface area (Å²) in [6.07, 6.45) is 0.0845. The zero-order valence-electron chi connectivity index (χ0n) is 11.6. The third-order valence-corrected chi connectivity index (χ3v) is 4.27. The van der Waals surface area contributed by atoms with Gasteiger partial charge < -0.3 is 14.9 Å². The van der Waals surface area contributed by atoms with E-state index in [2.05, 4.69) is 15.9 Å². The Morgan fingerprint density at radius 1 is 1.35 bits per heavy atom. The lowest BCUT2D eigenvalue weighted by molar-refractivity contribution is -0.0374. The van der Waals surface area contributed by atoms with Crippen molar-refractivity contribution in [2.24, 2.45) is 11.3 Å². The van der Waals surface area contributed by atoms with E-state index >= 15 is 0 Å². The number of Topliss-reactive ketones (excluding diaryl/α,β-unsaturated/α-hetero) is 1. The van der Waals surface area contributed by atoms with Crippen LogP contribution in [0.5, 0.6) is 5.75 Å². The number of carbonyl (C=O) groups is 1. The second kappa shape index (κ2) is 5.84. The van der Waals surface area contributed by atoms with Gasteiger partial charge in [-0.05, 0) is 30.5 Å². The lowest BCUT2D eigenvalue weighted by Gasteiger charge is -2.41. The Kier molecular flexibility index (Phi) is 4.52. The predicted octanol–water partition coefficient (Wildman–Crippen LogP) is 2.41. The van der Waals surface area contributed by atoms with Crippen molar-refractivity contribution in [1.82, 2.24) is 0 Å². The average Bonchev–Trinajstić information content (AvgIpc) is 2.41. The molecule has 1 unspecified atom stereocenters. The third-order valence-electron chi connectivity index (χ3n) is 3.77. The smallest absolute Gasteiger partial charge is 0.181 e. The van der Waals surface area contributed by atoms with Crippen LogP contribution in [0.25, 0.3) is 0 Å². The van der Waals surface area contributed by atoms with E-state index in [9.17, 15) is 15.0 Å². The monoisotopic (exact) mass is 342 g/mol. The largest absolute Gasteiger partial charge is 0.488 e. The van der Waals surface area contributed by atoms with Crippen LogP contribution in [0.2, 0.25) is 0 Å². The lowest BCUT2D eigenvalue weighted by Crippen LogP contribution is -2.54. The molecular formula is C15H19BrO4. The van der Waals surface area contributed by atoms with Gasteiger partial charge in [0.05, 0.1) is 18.8 Å². The highest BCUT2D eigenvalue weighted by atomic mass is 79.9. The Hall–Kier alpha value is -0.910. The fourth-order valence-electron chi connectivity index (χ4n) is 2.56. The van der Waals surface area contributed by atoms with Crippen LogP contribution < -0.4 is 4.74 Å². The Morgan fingerprint density at radius 2 is 2.00 bits per heavy atom. The normalized spacial score (nSPS) is 20.7. The lowest BCUT2D eigenvalue weighted by atomic mass is 9.72. The van der Waals surface area contributed by atoms with Gasteiger partial charge in [-0.1, -0.05) is 29.8 Å². The molecule has 1 aliphatic rings. The Balaban J connectivity index is 2.50. The van der Waals surface area contributed by atoms with Gasteiger partial charge in [-0.2, -0.15) is 0 Å². The van der Waals surface area contributed by atoms with Crippen molar-refractivity contribution in [3.63, 3.8) is 0 Å². The van der Waals surface area contributed by atoms with E-state index in [4.69, 9.17) is 4.74 Å². The van der Waals surface area contributed by atoms with Crippen molar-refractivity contribution in [1.29, 1.82) is 0 Å². The minimum absolute atomic E-state index is 0.254. The summed E-state index contributed by atoms with van der Waals surface area (Å²) in [6, 6.07) is 5.22. The maximum atomic E-state index is 12.7. The first-order valence-electron chi connectivity index (χ1n) is 6.67. The second-order valence-corrected chi connectivity index (χ2v) is 6.59. The fraction of sp³-hybridized carbons (Fsp3) is 0.533. The third kappa shape index (κ3) is 2.50. The molecule has 1 atom stereocenters. The number of hydrogen-bond donors (Lipinski definition) is 2. The number of carbonyl (C=O) groups excluding carboxylic acids is 1. The van der Waals surface area contributed by atoms with E-state index in [1.165, 1.54) is 0 Å². The number of aliphatic hydroxyl groups is 2. The molecule has 20 heavy (non-hydrogen) atoms. The standard InChI is InChI=1S/C15H19BrO4/c1-9(2)5-13-15(7-17,8-18)14(19)11-6-10(16)3-4-12(11)20-13/h3-4,6,9,13,17-18H,5,7-8H2,1-2H3. The average molecular weight is 343 g/mol. The van der Waals surface area contributed by atoms with Crippen molar-refractivity contribution >= 4 is 21.7 Å². The van der Waals surface area contributed by atoms with Crippen LogP contribution in [0.15, 0.2) is 22.7 Å². The molecule has 0 radical (unpaired) electrons. The van der Waals surface area contributed by atoms with Crippen molar-refractivity contribution in [3.05, 3.63) is 28.2 Å². The van der Waals surface area contributed by atoms with Crippen LogP contribution in [0, 0.1) is 11.3 Å². The van der Waals surface area contributed by atoms with Crippen LogP contribution in [0.4, 0.5) is 0 Å². The molecule has 4 nitrogen and oxygen atoms in total. The number of ether oxygens (including phenoxy) is 1. The molecule has 0 aliphatic carbocycles. The van der Waals surface area contributed by atoms with Gasteiger partial charge >= 0.3 is 0 Å². The fourth-order valence-corrected chi connectivity index (χ4v) is 2.92. The van der Waals surface area contributed by atoms with Crippen LogP contribution in [0.3, 0.4) is 0 Å². The summed E-state index contributed by atoms with van der Waals surface area (Å²) in [5.41, 5.74) is -0.861. The summed E-state index contributed by atoms with van der Waals surface area (Å²) < 4.78 is 6.67. The van der Waals surface area contributed by atoms with Gasteiger partial charge in [0, 0.05) is 4.47 Å². The summed E-state index contributed by atoms with van der Waals surface area (Å²) in [7, 11) is 0. The van der Waals surface area contributed by atoms with Crippen LogP contribution >= 0.6 is 15.9 Å². The highest BCUT2D eigenvalue weighted by Crippen LogP contribution is 2.41. The first-order valence-corrected chi connectivity index (χ1v) is 7.46. The van der Waals surface area contributed by atoms with E-state index < -0.39 is 24.7 Å². The highest BCUT2D eigenvalue weighted by molar-refractivity contribution is 9.10. The predicted molar refractivity (Wildman–Crippen MR) is 78.9 cm³/mol. The van der Waals surface area contributed by atoms with Gasteiger partial charge in [-0.3, -0.25) is 4.79 Å². The number of fused-ring (bicyclic) bond motifs is 1. The van der Waals surface area contributed by atoms with Gasteiger partial charge in [0.1, 0.15) is 17.3 Å². The van der Waals surface area contributed by atoms with Gasteiger partial charge in [0.25, 0.3) is 0 Å². The molecule has 2 rings (SSSR count). The van der Waals surface area contributed by atoms with Crippen molar-refractivity contribution in [3.8, 4) is 5.75 Å². The summed E-state index contributed by atoms with van der Waals surface area (Å²) >= 11 is 3.32. The molecule has 2 N–H and O–H groups in total. The van der Waals surface area contributed by atoms with Crippen molar-refractivity contribution < 1.29 is 19.7 Å². The van der Waals surface area contributed by atoms with Gasteiger partial charge in [-0.25, -0.2) is 0 Å². The SMILES string of the molecule is CC(C)CC1Oc2ccc(Br)cc2C(=O)C1(CO)CO.